The van der Waals surface area contributed by atoms with Crippen molar-refractivity contribution in [3.05, 3.63) is 77.6 Å². The molecular formula is C18H15N3. The minimum Gasteiger partial charge on any atom is -0.309 e. The lowest BCUT2D eigenvalue weighted by molar-refractivity contribution is 0.695. The van der Waals surface area contributed by atoms with Crippen LogP contribution in [-0.4, -0.2) is 4.98 Å². The fourth-order valence-electron chi connectivity index (χ4n) is 2.43. The predicted molar refractivity (Wildman–Crippen MR) is 83.4 cm³/mol. The second-order valence-electron chi connectivity index (χ2n) is 4.90. The van der Waals surface area contributed by atoms with Crippen LogP contribution in [0.1, 0.15) is 16.8 Å². The van der Waals surface area contributed by atoms with E-state index in [-0.39, 0.29) is 0 Å². The second kappa shape index (κ2) is 6.17. The number of hydrogen-bond donors (Lipinski definition) is 1. The Kier molecular flexibility index (Phi) is 3.90. The number of rotatable bonds is 4. The minimum absolute atomic E-state index is 0.458. The van der Waals surface area contributed by atoms with Crippen molar-refractivity contribution in [3.63, 3.8) is 0 Å². The summed E-state index contributed by atoms with van der Waals surface area (Å²) in [5.74, 6) is 0. The molecule has 3 aromatic rings. The van der Waals surface area contributed by atoms with Gasteiger partial charge in [-0.1, -0.05) is 42.5 Å². The molecule has 3 rings (SSSR count). The normalized spacial score (nSPS) is 10.4. The van der Waals surface area contributed by atoms with Gasteiger partial charge in [0, 0.05) is 19.3 Å². The summed E-state index contributed by atoms with van der Waals surface area (Å²) in [6.45, 7) is 1.52. The highest BCUT2D eigenvalue weighted by Gasteiger charge is 2.01. The van der Waals surface area contributed by atoms with Crippen LogP contribution >= 0.6 is 0 Å². The molecule has 0 aliphatic heterocycles. The number of nitrogens with zero attached hydrogens (tertiary/aromatic N) is 2. The highest BCUT2D eigenvalue weighted by atomic mass is 14.8. The first-order valence-corrected chi connectivity index (χ1v) is 6.89. The van der Waals surface area contributed by atoms with Gasteiger partial charge in [-0.15, -0.1) is 0 Å². The van der Waals surface area contributed by atoms with E-state index in [2.05, 4.69) is 58.8 Å². The number of pyridine rings is 1. The van der Waals surface area contributed by atoms with Crippen molar-refractivity contribution in [2.45, 2.75) is 13.1 Å². The van der Waals surface area contributed by atoms with Gasteiger partial charge in [0.1, 0.15) is 11.8 Å². The summed E-state index contributed by atoms with van der Waals surface area (Å²) in [5, 5.41) is 14.8. The molecule has 1 heterocycles. The zero-order valence-electron chi connectivity index (χ0n) is 11.6. The molecular weight excluding hydrogens is 258 g/mol. The molecule has 3 heteroatoms. The minimum atomic E-state index is 0.458. The van der Waals surface area contributed by atoms with E-state index in [0.29, 0.717) is 5.69 Å². The van der Waals surface area contributed by atoms with Crippen LogP contribution in [0.25, 0.3) is 10.8 Å². The van der Waals surface area contributed by atoms with Crippen LogP contribution in [0.3, 0.4) is 0 Å². The summed E-state index contributed by atoms with van der Waals surface area (Å²) in [6, 6.07) is 20.5. The van der Waals surface area contributed by atoms with Crippen LogP contribution in [-0.2, 0) is 13.1 Å². The Morgan fingerprint density at radius 2 is 1.86 bits per heavy atom. The van der Waals surface area contributed by atoms with Crippen LogP contribution in [0.4, 0.5) is 0 Å². The van der Waals surface area contributed by atoms with Crippen molar-refractivity contribution in [1.29, 1.82) is 5.26 Å². The lowest BCUT2D eigenvalue weighted by atomic mass is 10.0. The molecule has 0 unspecified atom stereocenters. The van der Waals surface area contributed by atoms with Crippen LogP contribution in [0.2, 0.25) is 0 Å². The van der Waals surface area contributed by atoms with Gasteiger partial charge in [0.15, 0.2) is 0 Å². The number of benzene rings is 2. The van der Waals surface area contributed by atoms with E-state index < -0.39 is 0 Å². The summed E-state index contributed by atoms with van der Waals surface area (Å²) in [6.07, 6.45) is 1.67. The third-order valence-corrected chi connectivity index (χ3v) is 3.46. The van der Waals surface area contributed by atoms with Crippen LogP contribution < -0.4 is 5.32 Å². The Morgan fingerprint density at radius 3 is 2.76 bits per heavy atom. The molecule has 0 saturated carbocycles. The molecule has 2 aromatic carbocycles. The van der Waals surface area contributed by atoms with Gasteiger partial charge < -0.3 is 5.32 Å². The second-order valence-corrected chi connectivity index (χ2v) is 4.90. The van der Waals surface area contributed by atoms with Gasteiger partial charge in [0.2, 0.25) is 0 Å². The number of nitrogens with one attached hydrogen (secondary N) is 1. The predicted octanol–water partition coefficient (Wildman–Crippen LogP) is 3.40. The lowest BCUT2D eigenvalue weighted by Crippen LogP contribution is -2.13. The van der Waals surface area contributed by atoms with E-state index in [1.807, 2.05) is 12.1 Å². The first-order chi connectivity index (χ1) is 10.4. The monoisotopic (exact) mass is 273 g/mol. The largest absolute Gasteiger partial charge is 0.309 e. The fourth-order valence-corrected chi connectivity index (χ4v) is 2.43. The third kappa shape index (κ3) is 3.07. The van der Waals surface area contributed by atoms with E-state index in [0.717, 1.165) is 18.7 Å². The molecule has 0 fully saturated rings. The summed E-state index contributed by atoms with van der Waals surface area (Å²) >= 11 is 0. The summed E-state index contributed by atoms with van der Waals surface area (Å²) in [4.78, 5) is 3.98. The van der Waals surface area contributed by atoms with Gasteiger partial charge in [-0.3, -0.25) is 0 Å². The van der Waals surface area contributed by atoms with E-state index in [1.54, 1.807) is 6.20 Å². The fraction of sp³-hybridized carbons (Fsp3) is 0.111. The topological polar surface area (TPSA) is 48.7 Å². The van der Waals surface area contributed by atoms with Crippen molar-refractivity contribution in [2.24, 2.45) is 0 Å². The van der Waals surface area contributed by atoms with Gasteiger partial charge in [-0.2, -0.15) is 5.26 Å². The van der Waals surface area contributed by atoms with Gasteiger partial charge in [-0.25, -0.2) is 4.98 Å². The van der Waals surface area contributed by atoms with Crippen LogP contribution in [0, 0.1) is 11.3 Å². The van der Waals surface area contributed by atoms with Crippen LogP contribution in [0.15, 0.2) is 60.8 Å². The Hall–Kier alpha value is -2.70. The average Bonchev–Trinajstić information content (AvgIpc) is 2.55. The van der Waals surface area contributed by atoms with Crippen LogP contribution in [0.5, 0.6) is 0 Å². The molecule has 0 saturated heterocycles. The lowest BCUT2D eigenvalue weighted by Gasteiger charge is -2.08. The highest BCUT2D eigenvalue weighted by molar-refractivity contribution is 5.85. The smallest absolute Gasteiger partial charge is 0.140 e. The first kappa shape index (κ1) is 13.3. The van der Waals surface area contributed by atoms with Gasteiger partial charge in [0.05, 0.1) is 0 Å². The summed E-state index contributed by atoms with van der Waals surface area (Å²) in [7, 11) is 0. The number of nitriles is 1. The molecule has 0 aliphatic carbocycles. The first-order valence-electron chi connectivity index (χ1n) is 6.89. The molecule has 0 atom stereocenters. The molecule has 0 aliphatic rings. The number of fused-ring (bicyclic) bond motifs is 1. The van der Waals surface area contributed by atoms with Crippen molar-refractivity contribution < 1.29 is 0 Å². The van der Waals surface area contributed by atoms with E-state index in [4.69, 9.17) is 5.26 Å². The molecule has 0 bridgehead atoms. The average molecular weight is 273 g/mol. The molecule has 0 amide bonds. The molecule has 1 aromatic heterocycles. The maximum Gasteiger partial charge on any atom is 0.140 e. The summed E-state index contributed by atoms with van der Waals surface area (Å²) in [5.41, 5.74) is 2.81. The summed E-state index contributed by atoms with van der Waals surface area (Å²) < 4.78 is 0. The van der Waals surface area contributed by atoms with Crippen molar-refractivity contribution in [2.75, 3.05) is 0 Å². The Labute approximate surface area is 123 Å². The Balaban J connectivity index is 1.71. The third-order valence-electron chi connectivity index (χ3n) is 3.46. The van der Waals surface area contributed by atoms with E-state index >= 15 is 0 Å². The van der Waals surface area contributed by atoms with E-state index in [1.165, 1.54) is 16.3 Å². The SMILES string of the molecule is N#Cc1cc(CNCc2cccc3ccccc23)ccn1. The number of hydrogen-bond acceptors (Lipinski definition) is 3. The maximum absolute atomic E-state index is 8.85. The molecule has 3 nitrogen and oxygen atoms in total. The molecule has 0 radical (unpaired) electrons. The standard InChI is InChI=1S/C18H15N3/c19-11-17-10-14(8-9-21-17)12-20-13-16-6-3-5-15-4-1-2-7-18(15)16/h1-10,20H,12-13H2. The van der Waals surface area contributed by atoms with Crippen molar-refractivity contribution >= 4 is 10.8 Å². The quantitative estimate of drug-likeness (QED) is 0.792. The zero-order valence-corrected chi connectivity index (χ0v) is 11.6. The molecule has 102 valence electrons. The maximum atomic E-state index is 8.85. The molecule has 1 N–H and O–H groups in total. The molecule has 21 heavy (non-hydrogen) atoms. The van der Waals surface area contributed by atoms with E-state index in [9.17, 15) is 0 Å². The van der Waals surface area contributed by atoms with Crippen molar-refractivity contribution in [1.82, 2.24) is 10.3 Å². The zero-order chi connectivity index (χ0) is 14.5. The Morgan fingerprint density at radius 1 is 1.00 bits per heavy atom. The molecule has 0 spiro atoms. The van der Waals surface area contributed by atoms with Crippen molar-refractivity contribution in [3.8, 4) is 6.07 Å². The van der Waals surface area contributed by atoms with Gasteiger partial charge in [0.25, 0.3) is 0 Å². The van der Waals surface area contributed by atoms with Gasteiger partial charge >= 0.3 is 0 Å². The van der Waals surface area contributed by atoms with Gasteiger partial charge in [-0.05, 0) is 34.0 Å². The number of aromatic nitrogens is 1. The highest BCUT2D eigenvalue weighted by Crippen LogP contribution is 2.18. The Bertz CT molecular complexity index is 797.